The molecule has 0 aromatic heterocycles. The molecule has 0 aliphatic carbocycles. The summed E-state index contributed by atoms with van der Waals surface area (Å²) in [5.41, 5.74) is 7.41. The van der Waals surface area contributed by atoms with Crippen molar-refractivity contribution in [1.82, 2.24) is 4.72 Å². The third kappa shape index (κ3) is 2.89. The lowest BCUT2D eigenvalue weighted by atomic mass is 10.1. The van der Waals surface area contributed by atoms with Gasteiger partial charge in [0.2, 0.25) is 10.0 Å². The quantitative estimate of drug-likeness (QED) is 0.836. The number of sulfonamides is 1. The van der Waals surface area contributed by atoms with Crippen molar-refractivity contribution in [3.05, 3.63) is 29.3 Å². The molecule has 1 saturated heterocycles. The number of hydrogen-bond acceptors (Lipinski definition) is 4. The zero-order chi connectivity index (χ0) is 13.2. The van der Waals surface area contributed by atoms with Crippen LogP contribution in [-0.2, 0) is 21.3 Å². The van der Waals surface area contributed by atoms with Gasteiger partial charge >= 0.3 is 0 Å². The fraction of sp³-hybridized carbons (Fsp3) is 0.500. The average Bonchev–Trinajstić information content (AvgIpc) is 2.81. The van der Waals surface area contributed by atoms with Gasteiger partial charge in [-0.3, -0.25) is 0 Å². The standard InChI is InChI=1S/C12H18N2O3S/c1-9-6-12(3-2-10(9)7-13)18(15,16)14-11-4-5-17-8-11/h2-3,6,11,14H,4-5,7-8,13H2,1H3. The first-order valence-corrected chi connectivity index (χ1v) is 7.41. The number of ether oxygens (including phenoxy) is 1. The van der Waals surface area contributed by atoms with E-state index in [2.05, 4.69) is 4.72 Å². The number of benzene rings is 1. The van der Waals surface area contributed by atoms with E-state index in [1.807, 2.05) is 6.92 Å². The minimum atomic E-state index is -3.46. The molecule has 1 aromatic rings. The molecule has 0 radical (unpaired) electrons. The third-order valence-electron chi connectivity index (χ3n) is 3.10. The Morgan fingerprint density at radius 1 is 1.50 bits per heavy atom. The van der Waals surface area contributed by atoms with Gasteiger partial charge in [0, 0.05) is 19.2 Å². The Kier molecular flexibility index (Phi) is 4.01. The van der Waals surface area contributed by atoms with Crippen LogP contribution in [0.3, 0.4) is 0 Å². The molecule has 6 heteroatoms. The fourth-order valence-corrected chi connectivity index (χ4v) is 3.32. The highest BCUT2D eigenvalue weighted by molar-refractivity contribution is 7.89. The van der Waals surface area contributed by atoms with E-state index in [0.29, 0.717) is 19.8 Å². The summed E-state index contributed by atoms with van der Waals surface area (Å²) in [6.07, 6.45) is 0.721. The molecule has 3 N–H and O–H groups in total. The monoisotopic (exact) mass is 270 g/mol. The molecule has 100 valence electrons. The van der Waals surface area contributed by atoms with Crippen LogP contribution >= 0.6 is 0 Å². The van der Waals surface area contributed by atoms with Crippen molar-refractivity contribution in [2.24, 2.45) is 5.73 Å². The Balaban J connectivity index is 2.21. The first-order valence-electron chi connectivity index (χ1n) is 5.92. The van der Waals surface area contributed by atoms with Gasteiger partial charge in [-0.15, -0.1) is 0 Å². The van der Waals surface area contributed by atoms with Crippen LogP contribution in [0.5, 0.6) is 0 Å². The van der Waals surface area contributed by atoms with Crippen LogP contribution in [0.2, 0.25) is 0 Å². The molecule has 1 fully saturated rings. The van der Waals surface area contributed by atoms with Crippen molar-refractivity contribution < 1.29 is 13.2 Å². The van der Waals surface area contributed by atoms with Crippen LogP contribution in [0.1, 0.15) is 17.5 Å². The minimum absolute atomic E-state index is 0.121. The lowest BCUT2D eigenvalue weighted by Gasteiger charge is -2.12. The van der Waals surface area contributed by atoms with Crippen LogP contribution in [-0.4, -0.2) is 27.7 Å². The van der Waals surface area contributed by atoms with E-state index in [0.717, 1.165) is 17.5 Å². The van der Waals surface area contributed by atoms with Gasteiger partial charge in [0.15, 0.2) is 0 Å². The zero-order valence-electron chi connectivity index (χ0n) is 10.3. The zero-order valence-corrected chi connectivity index (χ0v) is 11.2. The maximum absolute atomic E-state index is 12.1. The Bertz CT molecular complexity index is 522. The average molecular weight is 270 g/mol. The van der Waals surface area contributed by atoms with Crippen LogP contribution in [0.15, 0.2) is 23.1 Å². The topological polar surface area (TPSA) is 81.4 Å². The second-order valence-corrected chi connectivity index (χ2v) is 6.19. The molecular weight excluding hydrogens is 252 g/mol. The van der Waals surface area contributed by atoms with Gasteiger partial charge in [-0.2, -0.15) is 0 Å². The largest absolute Gasteiger partial charge is 0.380 e. The van der Waals surface area contributed by atoms with Gasteiger partial charge in [-0.1, -0.05) is 6.07 Å². The van der Waals surface area contributed by atoms with Gasteiger partial charge in [0.25, 0.3) is 0 Å². The van der Waals surface area contributed by atoms with Gasteiger partial charge in [0.1, 0.15) is 0 Å². The van der Waals surface area contributed by atoms with E-state index in [1.54, 1.807) is 18.2 Å². The highest BCUT2D eigenvalue weighted by atomic mass is 32.2. The molecule has 5 nitrogen and oxygen atoms in total. The molecule has 1 heterocycles. The van der Waals surface area contributed by atoms with Gasteiger partial charge in [-0.25, -0.2) is 13.1 Å². The predicted octanol–water partition coefficient (Wildman–Crippen LogP) is 0.521. The fourth-order valence-electron chi connectivity index (χ4n) is 1.98. The van der Waals surface area contributed by atoms with Crippen LogP contribution in [0.4, 0.5) is 0 Å². The summed E-state index contributed by atoms with van der Waals surface area (Å²) in [6.45, 7) is 3.33. The van der Waals surface area contributed by atoms with Gasteiger partial charge in [-0.05, 0) is 36.6 Å². The molecule has 0 amide bonds. The van der Waals surface area contributed by atoms with E-state index in [-0.39, 0.29) is 10.9 Å². The molecular formula is C12H18N2O3S. The summed E-state index contributed by atoms with van der Waals surface area (Å²) < 4.78 is 32.1. The number of nitrogens with two attached hydrogens (primary N) is 1. The summed E-state index contributed by atoms with van der Waals surface area (Å²) in [7, 11) is -3.46. The van der Waals surface area contributed by atoms with Crippen molar-refractivity contribution in [3.63, 3.8) is 0 Å². The number of hydrogen-bond donors (Lipinski definition) is 2. The molecule has 1 unspecified atom stereocenters. The van der Waals surface area contributed by atoms with Crippen molar-refractivity contribution in [2.45, 2.75) is 30.8 Å². The van der Waals surface area contributed by atoms with E-state index >= 15 is 0 Å². The molecule has 2 rings (SSSR count). The van der Waals surface area contributed by atoms with Crippen LogP contribution in [0, 0.1) is 6.92 Å². The van der Waals surface area contributed by atoms with Crippen molar-refractivity contribution in [3.8, 4) is 0 Å². The van der Waals surface area contributed by atoms with Gasteiger partial charge < -0.3 is 10.5 Å². The smallest absolute Gasteiger partial charge is 0.240 e. The summed E-state index contributed by atoms with van der Waals surface area (Å²) in [6, 6.07) is 4.88. The first kappa shape index (κ1) is 13.5. The molecule has 0 saturated carbocycles. The maximum Gasteiger partial charge on any atom is 0.240 e. The second-order valence-electron chi connectivity index (χ2n) is 4.47. The molecule has 1 atom stereocenters. The molecule has 18 heavy (non-hydrogen) atoms. The highest BCUT2D eigenvalue weighted by Crippen LogP contribution is 2.16. The van der Waals surface area contributed by atoms with E-state index in [1.165, 1.54) is 0 Å². The minimum Gasteiger partial charge on any atom is -0.380 e. The predicted molar refractivity (Wildman–Crippen MR) is 68.6 cm³/mol. The summed E-state index contributed by atoms with van der Waals surface area (Å²) in [4.78, 5) is 0.282. The Morgan fingerprint density at radius 3 is 2.83 bits per heavy atom. The molecule has 0 bridgehead atoms. The van der Waals surface area contributed by atoms with Gasteiger partial charge in [0.05, 0.1) is 11.5 Å². The Hall–Kier alpha value is -0.950. The van der Waals surface area contributed by atoms with Crippen molar-refractivity contribution in [1.29, 1.82) is 0 Å². The third-order valence-corrected chi connectivity index (χ3v) is 4.61. The van der Waals surface area contributed by atoms with Crippen molar-refractivity contribution in [2.75, 3.05) is 13.2 Å². The molecule has 1 aliphatic rings. The first-order chi connectivity index (χ1) is 8.53. The number of rotatable bonds is 4. The summed E-state index contributed by atoms with van der Waals surface area (Å²) in [5.74, 6) is 0. The van der Waals surface area contributed by atoms with E-state index in [9.17, 15) is 8.42 Å². The molecule has 1 aromatic carbocycles. The molecule has 1 aliphatic heterocycles. The number of nitrogens with one attached hydrogen (secondary N) is 1. The summed E-state index contributed by atoms with van der Waals surface area (Å²) >= 11 is 0. The second kappa shape index (κ2) is 5.36. The lowest BCUT2D eigenvalue weighted by Crippen LogP contribution is -2.35. The maximum atomic E-state index is 12.1. The summed E-state index contributed by atoms with van der Waals surface area (Å²) in [5, 5.41) is 0. The van der Waals surface area contributed by atoms with Crippen molar-refractivity contribution >= 4 is 10.0 Å². The molecule has 0 spiro atoms. The highest BCUT2D eigenvalue weighted by Gasteiger charge is 2.23. The van der Waals surface area contributed by atoms with Crippen LogP contribution in [0.25, 0.3) is 0 Å². The van der Waals surface area contributed by atoms with Crippen LogP contribution < -0.4 is 10.5 Å². The van der Waals surface area contributed by atoms with E-state index < -0.39 is 10.0 Å². The Labute approximate surface area is 107 Å². The normalized spacial score (nSPS) is 20.2. The SMILES string of the molecule is Cc1cc(S(=O)(=O)NC2CCOC2)ccc1CN. The number of aryl methyl sites for hydroxylation is 1. The lowest BCUT2D eigenvalue weighted by molar-refractivity contribution is 0.192. The Morgan fingerprint density at radius 2 is 2.28 bits per heavy atom. The van der Waals surface area contributed by atoms with E-state index in [4.69, 9.17) is 10.5 Å².